The minimum atomic E-state index is -4.19. The van der Waals surface area contributed by atoms with E-state index in [-0.39, 0.29) is 50.6 Å². The quantitative estimate of drug-likeness (QED) is 0.251. The van der Waals surface area contributed by atoms with Crippen LogP contribution in [0.5, 0.6) is 11.6 Å². The number of carbonyl (C=O) groups excluding carboxylic acids is 4. The van der Waals surface area contributed by atoms with Crippen LogP contribution in [0.25, 0.3) is 11.0 Å². The fraction of sp³-hybridized carbons (Fsp3) is 0.727. The summed E-state index contributed by atoms with van der Waals surface area (Å²) in [5.41, 5.74) is -0.147. The van der Waals surface area contributed by atoms with E-state index >= 15 is 4.79 Å². The Balaban J connectivity index is 0.00000544. The summed E-state index contributed by atoms with van der Waals surface area (Å²) in [6.07, 6.45) is 3.99. The Hall–Kier alpha value is -3.95. The predicted octanol–water partition coefficient (Wildman–Crippen LogP) is 6.73. The molecule has 3 heterocycles. The van der Waals surface area contributed by atoms with E-state index in [9.17, 15) is 31.6 Å². The molecule has 0 unspecified atom stereocenters. The van der Waals surface area contributed by atoms with Crippen molar-refractivity contribution in [3.8, 4) is 11.6 Å². The number of nitrogens with one attached hydrogen (secondary N) is 1. The first-order valence-corrected chi connectivity index (χ1v) is 23.0. The molecule has 4 aliphatic carbocycles. The Kier molecular flexibility index (Phi) is 12.6. The Morgan fingerprint density at radius 1 is 1.00 bits per heavy atom. The highest BCUT2D eigenvalue weighted by Gasteiger charge is 2.67. The Morgan fingerprint density at radius 3 is 2.38 bits per heavy atom. The molecular weight excluding hydrogens is 799 g/mol. The summed E-state index contributed by atoms with van der Waals surface area (Å²) in [4.78, 5) is 68.6. The Morgan fingerprint density at radius 2 is 1.72 bits per heavy atom. The number of carbonyl (C=O) groups is 4. The molecule has 8 atom stereocenters. The van der Waals surface area contributed by atoms with Gasteiger partial charge < -0.3 is 19.1 Å². The Bertz CT molecular complexity index is 2090. The zero-order valence-electron chi connectivity index (χ0n) is 34.1. The molecule has 2 aromatic rings. The number of nitrogens with zero attached hydrogens (tertiary/aromatic N) is 3. The van der Waals surface area contributed by atoms with E-state index in [1.165, 1.54) is 11.8 Å². The standard InChI is InChI=1S/C43H56F2N4O9S.CH4/c1-4-27-35-23-49(37(27)33(50)22-43(21-29(43)38(44)45)41(53)48-59(54,55)42(2)16-17-42)40(52)28(24-10-8-9-11-24)20-36(51)57-34-18-25(34)12-6-5-7-13-31-39(58-35)47-32-19-26(56-3)14-15-30(32)46-31;/h14-15,19,24-25,27-29,34-35,37-38H,4-13,16-18,20-23H2,1-3H3,(H,48,53);1H4/t25-,27-,28+,29+,34-,35+,37+,43-;/m1./s1. The molecule has 6 aliphatic rings. The number of ether oxygens (including phenoxy) is 3. The molecule has 60 heavy (non-hydrogen) atoms. The number of alkyl halides is 2. The van der Waals surface area contributed by atoms with Gasteiger partial charge in [-0.3, -0.25) is 23.9 Å². The number of fused-ring (bicyclic) bond motifs is 5. The van der Waals surface area contributed by atoms with Crippen LogP contribution in [0.4, 0.5) is 8.78 Å². The van der Waals surface area contributed by atoms with E-state index in [0.717, 1.165) is 57.8 Å². The first-order chi connectivity index (χ1) is 28.2. The summed E-state index contributed by atoms with van der Waals surface area (Å²) < 4.78 is 74.2. The van der Waals surface area contributed by atoms with Crippen LogP contribution in [0, 0.1) is 35.0 Å². The van der Waals surface area contributed by atoms with Gasteiger partial charge in [-0.05, 0) is 95.1 Å². The van der Waals surface area contributed by atoms with Gasteiger partial charge in [0.1, 0.15) is 23.7 Å². The van der Waals surface area contributed by atoms with Gasteiger partial charge in [-0.1, -0.05) is 40.0 Å². The van der Waals surface area contributed by atoms with Crippen molar-refractivity contribution in [1.82, 2.24) is 19.6 Å². The summed E-state index contributed by atoms with van der Waals surface area (Å²) in [5, 5.41) is 0. The van der Waals surface area contributed by atoms with Crippen molar-refractivity contribution < 1.29 is 50.6 Å². The minimum absolute atomic E-state index is 0. The number of rotatable bonds is 10. The smallest absolute Gasteiger partial charge is 0.306 e. The van der Waals surface area contributed by atoms with Crippen LogP contribution in [0.1, 0.15) is 123 Å². The van der Waals surface area contributed by atoms with Gasteiger partial charge >= 0.3 is 5.97 Å². The molecule has 2 amide bonds. The van der Waals surface area contributed by atoms with Crippen LogP contribution >= 0.6 is 0 Å². The summed E-state index contributed by atoms with van der Waals surface area (Å²) >= 11 is 0. The van der Waals surface area contributed by atoms with Crippen LogP contribution in [0.2, 0.25) is 0 Å². The molecule has 330 valence electrons. The molecule has 0 spiro atoms. The lowest BCUT2D eigenvalue weighted by Gasteiger charge is -2.32. The lowest BCUT2D eigenvalue weighted by atomic mass is 9.84. The first-order valence-electron chi connectivity index (χ1n) is 21.6. The van der Waals surface area contributed by atoms with Gasteiger partial charge in [0.2, 0.25) is 34.1 Å². The van der Waals surface area contributed by atoms with Crippen LogP contribution in [0.15, 0.2) is 18.2 Å². The van der Waals surface area contributed by atoms with Gasteiger partial charge in [-0.25, -0.2) is 27.2 Å². The molecule has 13 nitrogen and oxygen atoms in total. The normalized spacial score (nSPS) is 31.8. The third kappa shape index (κ3) is 8.59. The van der Waals surface area contributed by atoms with Crippen molar-refractivity contribution in [2.75, 3.05) is 13.7 Å². The van der Waals surface area contributed by atoms with Gasteiger partial charge in [-0.15, -0.1) is 0 Å². The number of Topliss-reactive ketones (excluding diaryl/α,β-unsaturated/α-hetero) is 1. The molecule has 1 aromatic heterocycles. The van der Waals surface area contributed by atoms with Crippen molar-refractivity contribution >= 4 is 44.6 Å². The largest absolute Gasteiger partial charge is 0.497 e. The lowest BCUT2D eigenvalue weighted by molar-refractivity contribution is -0.153. The zero-order chi connectivity index (χ0) is 41.9. The molecule has 16 heteroatoms. The molecule has 2 aliphatic heterocycles. The van der Waals surface area contributed by atoms with Crippen LogP contribution in [-0.2, 0) is 40.4 Å². The lowest BCUT2D eigenvalue weighted by Crippen LogP contribution is -2.49. The van der Waals surface area contributed by atoms with Gasteiger partial charge in [0.15, 0.2) is 5.78 Å². The third-order valence-electron chi connectivity index (χ3n) is 14.4. The summed E-state index contributed by atoms with van der Waals surface area (Å²) in [6, 6.07) is 4.19. The summed E-state index contributed by atoms with van der Waals surface area (Å²) in [5.74, 6) is -4.60. The highest BCUT2D eigenvalue weighted by Crippen LogP contribution is 2.59. The highest BCUT2D eigenvalue weighted by atomic mass is 32.2. The fourth-order valence-electron chi connectivity index (χ4n) is 10.1. The van der Waals surface area contributed by atoms with Gasteiger partial charge in [0, 0.05) is 24.3 Å². The molecule has 1 N–H and O–H groups in total. The monoisotopic (exact) mass is 858 g/mol. The zero-order valence-corrected chi connectivity index (χ0v) is 34.9. The number of aryl methyl sites for hydroxylation is 1. The van der Waals surface area contributed by atoms with Crippen LogP contribution in [0.3, 0.4) is 0 Å². The summed E-state index contributed by atoms with van der Waals surface area (Å²) in [6.45, 7) is 3.28. The highest BCUT2D eigenvalue weighted by molar-refractivity contribution is 7.91. The molecule has 8 rings (SSSR count). The molecule has 1 saturated heterocycles. The van der Waals surface area contributed by atoms with Gasteiger partial charge in [0.05, 0.1) is 53.2 Å². The number of methoxy groups -OCH3 is 1. The second-order valence-corrected chi connectivity index (χ2v) is 20.5. The average molecular weight is 859 g/mol. The van der Waals surface area contributed by atoms with Crippen LogP contribution in [-0.4, -0.2) is 89.9 Å². The number of esters is 1. The van der Waals surface area contributed by atoms with Gasteiger partial charge in [0.25, 0.3) is 0 Å². The number of ketones is 1. The van der Waals surface area contributed by atoms with Crippen molar-refractivity contribution in [3.05, 3.63) is 23.9 Å². The molecule has 0 radical (unpaired) electrons. The van der Waals surface area contributed by atoms with E-state index in [4.69, 9.17) is 24.2 Å². The van der Waals surface area contributed by atoms with Crippen molar-refractivity contribution in [2.45, 2.75) is 153 Å². The molecule has 2 bridgehead atoms. The van der Waals surface area contributed by atoms with E-state index < -0.39 is 86.5 Å². The SMILES string of the molecule is C.CC[C@@H]1[C@@H]2CN(C(=O)[C@H](C3CCCC3)CC(=O)O[C@@H]3C[C@H]3CCCCCc3nc4ccc(OC)cc4nc3O2)[C@@H]1C(=O)C[C@]1(C(=O)NS(=O)(=O)C2(C)CC2)C[C@H]1C(F)F. The van der Waals surface area contributed by atoms with Crippen molar-refractivity contribution in [2.24, 2.45) is 35.0 Å². The van der Waals surface area contributed by atoms with Crippen LogP contribution < -0.4 is 14.2 Å². The molecule has 1 aromatic carbocycles. The molecule has 4 saturated carbocycles. The van der Waals surface area contributed by atoms with Gasteiger partial charge in [-0.2, -0.15) is 0 Å². The number of aromatic nitrogens is 2. The molecular formula is C44H60F2N4O9S. The number of hydrogen-bond donors (Lipinski definition) is 1. The van der Waals surface area contributed by atoms with E-state index in [1.807, 2.05) is 19.1 Å². The fourth-order valence-corrected chi connectivity index (χ4v) is 11.4. The maximum Gasteiger partial charge on any atom is 0.306 e. The third-order valence-corrected chi connectivity index (χ3v) is 16.5. The van der Waals surface area contributed by atoms with E-state index in [2.05, 4.69) is 4.72 Å². The number of hydrogen-bond acceptors (Lipinski definition) is 11. The number of halogens is 2. The number of benzene rings is 1. The molecule has 5 fully saturated rings. The maximum absolute atomic E-state index is 15.1. The van der Waals surface area contributed by atoms with E-state index in [1.54, 1.807) is 13.2 Å². The first kappa shape index (κ1) is 44.1. The topological polar surface area (TPSA) is 171 Å². The number of amides is 2. The maximum atomic E-state index is 15.1. The number of sulfonamides is 1. The Labute approximate surface area is 351 Å². The average Bonchev–Trinajstić information content (AvgIpc) is 4.15. The van der Waals surface area contributed by atoms with E-state index in [0.29, 0.717) is 48.2 Å². The second-order valence-electron chi connectivity index (χ2n) is 18.3. The summed E-state index contributed by atoms with van der Waals surface area (Å²) in [7, 11) is -2.63. The predicted molar refractivity (Wildman–Crippen MR) is 218 cm³/mol. The minimum Gasteiger partial charge on any atom is -0.497 e. The van der Waals surface area contributed by atoms with Crippen molar-refractivity contribution in [1.29, 1.82) is 0 Å². The van der Waals surface area contributed by atoms with Crippen molar-refractivity contribution in [3.63, 3.8) is 0 Å². The second kappa shape index (κ2) is 17.1.